The zero-order chi connectivity index (χ0) is 20.9. The molecule has 1 saturated carbocycles. The Kier molecular flexibility index (Phi) is 6.33. The number of para-hydroxylation sites is 1. The second-order valence-electron chi connectivity index (χ2n) is 8.52. The third-order valence-corrected chi connectivity index (χ3v) is 5.93. The van der Waals surface area contributed by atoms with Crippen molar-refractivity contribution in [3.63, 3.8) is 0 Å². The Bertz CT molecular complexity index is 961. The van der Waals surface area contributed by atoms with Crippen molar-refractivity contribution in [1.82, 2.24) is 15.3 Å². The van der Waals surface area contributed by atoms with Gasteiger partial charge in [-0.3, -0.25) is 0 Å². The van der Waals surface area contributed by atoms with Crippen LogP contribution in [-0.4, -0.2) is 36.6 Å². The molecule has 1 aliphatic carbocycles. The fourth-order valence-electron chi connectivity index (χ4n) is 4.21. The number of rotatable bonds is 7. The van der Waals surface area contributed by atoms with E-state index in [1.54, 1.807) is 0 Å². The first kappa shape index (κ1) is 20.4. The number of nitrogens with one attached hydrogen (secondary N) is 2. The van der Waals surface area contributed by atoms with Gasteiger partial charge in [0.15, 0.2) is 0 Å². The molecule has 6 heteroatoms. The van der Waals surface area contributed by atoms with Gasteiger partial charge in [0, 0.05) is 37.8 Å². The number of hydrogen-bond donors (Lipinski definition) is 3. The van der Waals surface area contributed by atoms with Gasteiger partial charge in [-0.05, 0) is 68.0 Å². The molecule has 0 aliphatic heterocycles. The molecule has 6 nitrogen and oxygen atoms in total. The lowest BCUT2D eigenvalue weighted by Gasteiger charge is -2.29. The average molecular weight is 405 g/mol. The van der Waals surface area contributed by atoms with Crippen LogP contribution in [-0.2, 0) is 6.54 Å². The average Bonchev–Trinajstić information content (AvgIpc) is 2.76. The number of aromatic nitrogens is 2. The van der Waals surface area contributed by atoms with Gasteiger partial charge >= 0.3 is 0 Å². The van der Waals surface area contributed by atoms with Crippen LogP contribution in [0.4, 0.5) is 17.5 Å². The molecule has 0 radical (unpaired) electrons. The Morgan fingerprint density at radius 3 is 2.43 bits per heavy atom. The highest BCUT2D eigenvalue weighted by molar-refractivity contribution is 5.90. The molecule has 0 spiro atoms. The summed E-state index contributed by atoms with van der Waals surface area (Å²) in [5.41, 5.74) is 8.84. The Morgan fingerprint density at radius 1 is 0.967 bits per heavy atom. The summed E-state index contributed by atoms with van der Waals surface area (Å²) in [6.07, 6.45) is 4.75. The zero-order valence-electron chi connectivity index (χ0n) is 17.9. The molecule has 158 valence electrons. The Hall–Kier alpha value is -2.86. The van der Waals surface area contributed by atoms with Gasteiger partial charge < -0.3 is 21.3 Å². The summed E-state index contributed by atoms with van der Waals surface area (Å²) in [4.78, 5) is 11.6. The zero-order valence-corrected chi connectivity index (χ0v) is 17.9. The van der Waals surface area contributed by atoms with Crippen molar-refractivity contribution in [2.75, 3.05) is 36.6 Å². The van der Waals surface area contributed by atoms with Crippen molar-refractivity contribution < 1.29 is 0 Å². The monoisotopic (exact) mass is 404 g/mol. The molecule has 1 aromatic heterocycles. The highest BCUT2D eigenvalue weighted by atomic mass is 15.2. The number of benzene rings is 2. The molecule has 30 heavy (non-hydrogen) atoms. The van der Waals surface area contributed by atoms with Crippen LogP contribution in [0.5, 0.6) is 0 Å². The van der Waals surface area contributed by atoms with Gasteiger partial charge in [-0.1, -0.05) is 24.3 Å². The van der Waals surface area contributed by atoms with Crippen molar-refractivity contribution in [2.45, 2.75) is 38.3 Å². The SMILES string of the molecule is CN(C)c1nc(N[C@H]2CC[C@@H](CNCc3ccc(N)cc3)CC2)nc2ccccc12. The molecular weight excluding hydrogens is 372 g/mol. The Labute approximate surface area is 178 Å². The second kappa shape index (κ2) is 9.30. The molecule has 4 rings (SSSR count). The Morgan fingerprint density at radius 2 is 1.70 bits per heavy atom. The highest BCUT2D eigenvalue weighted by Crippen LogP contribution is 2.28. The van der Waals surface area contributed by atoms with E-state index in [0.29, 0.717) is 6.04 Å². The fraction of sp³-hybridized carbons (Fsp3) is 0.417. The van der Waals surface area contributed by atoms with Gasteiger partial charge in [0.1, 0.15) is 5.82 Å². The molecule has 0 unspecified atom stereocenters. The highest BCUT2D eigenvalue weighted by Gasteiger charge is 2.22. The van der Waals surface area contributed by atoms with E-state index >= 15 is 0 Å². The molecule has 0 atom stereocenters. The van der Waals surface area contributed by atoms with Gasteiger partial charge in [-0.2, -0.15) is 4.98 Å². The molecule has 2 aromatic carbocycles. The third-order valence-electron chi connectivity index (χ3n) is 5.93. The third kappa shape index (κ3) is 5.00. The lowest BCUT2D eigenvalue weighted by atomic mass is 9.86. The van der Waals surface area contributed by atoms with E-state index in [4.69, 9.17) is 15.7 Å². The topological polar surface area (TPSA) is 79.1 Å². The van der Waals surface area contributed by atoms with Crippen LogP contribution >= 0.6 is 0 Å². The van der Waals surface area contributed by atoms with Crippen molar-refractivity contribution in [1.29, 1.82) is 0 Å². The summed E-state index contributed by atoms with van der Waals surface area (Å²) in [5.74, 6) is 2.43. The summed E-state index contributed by atoms with van der Waals surface area (Å²) in [5, 5.41) is 8.29. The normalized spacial score (nSPS) is 19.0. The lowest BCUT2D eigenvalue weighted by Crippen LogP contribution is -2.31. The molecule has 3 aromatic rings. The van der Waals surface area contributed by atoms with E-state index in [9.17, 15) is 0 Å². The van der Waals surface area contributed by atoms with Crippen LogP contribution in [0.3, 0.4) is 0 Å². The van der Waals surface area contributed by atoms with Crippen molar-refractivity contribution >= 4 is 28.4 Å². The maximum atomic E-state index is 5.75. The molecule has 1 heterocycles. The van der Waals surface area contributed by atoms with Crippen molar-refractivity contribution in [3.8, 4) is 0 Å². The number of anilines is 3. The summed E-state index contributed by atoms with van der Waals surface area (Å²) in [6, 6.07) is 16.7. The van der Waals surface area contributed by atoms with E-state index in [1.807, 2.05) is 38.4 Å². The number of nitrogen functional groups attached to an aromatic ring is 1. The van der Waals surface area contributed by atoms with E-state index < -0.39 is 0 Å². The molecule has 4 N–H and O–H groups in total. The van der Waals surface area contributed by atoms with E-state index in [0.717, 1.165) is 60.2 Å². The second-order valence-corrected chi connectivity index (χ2v) is 8.52. The van der Waals surface area contributed by atoms with Crippen LogP contribution in [0.15, 0.2) is 48.5 Å². The van der Waals surface area contributed by atoms with Gasteiger partial charge in [0.2, 0.25) is 5.95 Å². The van der Waals surface area contributed by atoms with Crippen LogP contribution in [0.2, 0.25) is 0 Å². The standard InChI is InChI=1S/C24H32N6/c1-30(2)23-21-5-3-4-6-22(21)28-24(29-23)27-20-13-9-18(10-14-20)16-26-15-17-7-11-19(25)12-8-17/h3-8,11-12,18,20,26H,9-10,13-16,25H2,1-2H3,(H,27,28,29)/t18-,20+. The van der Waals surface area contributed by atoms with Gasteiger partial charge in [0.25, 0.3) is 0 Å². The van der Waals surface area contributed by atoms with Gasteiger partial charge in [-0.25, -0.2) is 4.98 Å². The first-order valence-electron chi connectivity index (χ1n) is 10.8. The summed E-state index contributed by atoms with van der Waals surface area (Å²) in [7, 11) is 4.06. The number of hydrogen-bond acceptors (Lipinski definition) is 6. The summed E-state index contributed by atoms with van der Waals surface area (Å²) >= 11 is 0. The molecule has 1 fully saturated rings. The molecular formula is C24H32N6. The maximum Gasteiger partial charge on any atom is 0.225 e. The fourth-order valence-corrected chi connectivity index (χ4v) is 4.21. The van der Waals surface area contributed by atoms with Gasteiger partial charge in [-0.15, -0.1) is 0 Å². The van der Waals surface area contributed by atoms with Crippen LogP contribution in [0.1, 0.15) is 31.2 Å². The number of nitrogens with zero attached hydrogens (tertiary/aromatic N) is 3. The summed E-state index contributed by atoms with van der Waals surface area (Å²) < 4.78 is 0. The maximum absolute atomic E-state index is 5.75. The summed E-state index contributed by atoms with van der Waals surface area (Å²) in [6.45, 7) is 1.96. The predicted octanol–water partition coefficient (Wildman–Crippen LogP) is 4.04. The largest absolute Gasteiger partial charge is 0.399 e. The van der Waals surface area contributed by atoms with Gasteiger partial charge in [0.05, 0.1) is 5.52 Å². The number of nitrogens with two attached hydrogens (primary N) is 1. The minimum atomic E-state index is 0.439. The van der Waals surface area contributed by atoms with Crippen LogP contribution in [0, 0.1) is 5.92 Å². The number of fused-ring (bicyclic) bond motifs is 1. The lowest BCUT2D eigenvalue weighted by molar-refractivity contribution is 0.324. The smallest absolute Gasteiger partial charge is 0.225 e. The quantitative estimate of drug-likeness (QED) is 0.516. The first-order chi connectivity index (χ1) is 14.6. The van der Waals surface area contributed by atoms with E-state index in [1.165, 1.54) is 18.4 Å². The van der Waals surface area contributed by atoms with Crippen LogP contribution in [0.25, 0.3) is 10.9 Å². The van der Waals surface area contributed by atoms with Crippen molar-refractivity contribution in [3.05, 3.63) is 54.1 Å². The minimum absolute atomic E-state index is 0.439. The first-order valence-corrected chi connectivity index (χ1v) is 10.8. The van der Waals surface area contributed by atoms with E-state index in [-0.39, 0.29) is 0 Å². The van der Waals surface area contributed by atoms with Crippen molar-refractivity contribution in [2.24, 2.45) is 5.92 Å². The van der Waals surface area contributed by atoms with Crippen LogP contribution < -0.4 is 21.3 Å². The molecule has 0 bridgehead atoms. The minimum Gasteiger partial charge on any atom is -0.399 e. The predicted molar refractivity (Wildman–Crippen MR) is 126 cm³/mol. The molecule has 1 aliphatic rings. The Balaban J connectivity index is 1.29. The van der Waals surface area contributed by atoms with E-state index in [2.05, 4.69) is 39.8 Å². The molecule has 0 amide bonds. The molecule has 0 saturated heterocycles.